The quantitative estimate of drug-likeness (QED) is 0.796. The van der Waals surface area contributed by atoms with Crippen LogP contribution in [0.4, 0.5) is 0 Å². The van der Waals surface area contributed by atoms with Crippen LogP contribution in [0.2, 0.25) is 0 Å². The van der Waals surface area contributed by atoms with Crippen LogP contribution in [0, 0.1) is 0 Å². The Hall–Kier alpha value is -1.46. The van der Waals surface area contributed by atoms with Gasteiger partial charge in [0.1, 0.15) is 0 Å². The van der Waals surface area contributed by atoms with Gasteiger partial charge in [0.2, 0.25) is 0 Å². The Kier molecular flexibility index (Phi) is 2.78. The molecule has 0 radical (unpaired) electrons. The molecule has 1 aliphatic heterocycles. The number of piperidine rings is 1. The second-order valence-corrected chi connectivity index (χ2v) is 4.56. The van der Waals surface area contributed by atoms with Crippen LogP contribution in [0.3, 0.4) is 0 Å². The molecular formula is C12H17N5. The SMILES string of the molecule is NCc1ccn2nc(C3CCCNC3)nc2c1. The normalized spacial score (nSPS) is 20.9. The van der Waals surface area contributed by atoms with Gasteiger partial charge in [-0.1, -0.05) is 0 Å². The molecule has 5 heteroatoms. The molecule has 1 unspecified atom stereocenters. The minimum absolute atomic E-state index is 0.449. The molecule has 0 bridgehead atoms. The molecule has 0 aromatic carbocycles. The van der Waals surface area contributed by atoms with Crippen LogP contribution in [0.5, 0.6) is 0 Å². The first-order valence-corrected chi connectivity index (χ1v) is 6.13. The van der Waals surface area contributed by atoms with Crippen molar-refractivity contribution in [2.24, 2.45) is 5.73 Å². The van der Waals surface area contributed by atoms with Gasteiger partial charge in [-0.05, 0) is 37.1 Å². The van der Waals surface area contributed by atoms with E-state index in [2.05, 4.69) is 15.4 Å². The molecule has 2 aromatic rings. The molecule has 2 aromatic heterocycles. The molecule has 1 atom stereocenters. The molecular weight excluding hydrogens is 214 g/mol. The van der Waals surface area contributed by atoms with E-state index in [0.29, 0.717) is 12.5 Å². The average Bonchev–Trinajstić information content (AvgIpc) is 2.82. The maximum Gasteiger partial charge on any atom is 0.156 e. The van der Waals surface area contributed by atoms with Gasteiger partial charge in [0.25, 0.3) is 0 Å². The van der Waals surface area contributed by atoms with E-state index in [-0.39, 0.29) is 0 Å². The monoisotopic (exact) mass is 231 g/mol. The number of rotatable bonds is 2. The van der Waals surface area contributed by atoms with E-state index in [1.807, 2.05) is 22.8 Å². The van der Waals surface area contributed by atoms with Gasteiger partial charge in [0.15, 0.2) is 11.5 Å². The van der Waals surface area contributed by atoms with Crippen LogP contribution in [-0.4, -0.2) is 27.7 Å². The van der Waals surface area contributed by atoms with Gasteiger partial charge >= 0.3 is 0 Å². The molecule has 1 saturated heterocycles. The fourth-order valence-electron chi connectivity index (χ4n) is 2.31. The maximum atomic E-state index is 5.62. The molecule has 0 saturated carbocycles. The van der Waals surface area contributed by atoms with Crippen molar-refractivity contribution < 1.29 is 0 Å². The van der Waals surface area contributed by atoms with E-state index in [4.69, 9.17) is 5.73 Å². The first kappa shape index (κ1) is 10.7. The number of hydrogen-bond acceptors (Lipinski definition) is 4. The predicted molar refractivity (Wildman–Crippen MR) is 65.7 cm³/mol. The van der Waals surface area contributed by atoms with E-state index in [1.165, 1.54) is 12.8 Å². The third-order valence-corrected chi connectivity index (χ3v) is 3.32. The third kappa shape index (κ3) is 2.03. The van der Waals surface area contributed by atoms with Gasteiger partial charge in [0, 0.05) is 25.2 Å². The smallest absolute Gasteiger partial charge is 0.156 e. The highest BCUT2D eigenvalue weighted by Crippen LogP contribution is 2.20. The fraction of sp³-hybridized carbons (Fsp3) is 0.500. The third-order valence-electron chi connectivity index (χ3n) is 3.32. The zero-order valence-corrected chi connectivity index (χ0v) is 9.76. The van der Waals surface area contributed by atoms with Gasteiger partial charge in [-0.15, -0.1) is 0 Å². The predicted octanol–water partition coefficient (Wildman–Crippen LogP) is 0.655. The summed E-state index contributed by atoms with van der Waals surface area (Å²) >= 11 is 0. The zero-order valence-electron chi connectivity index (χ0n) is 9.76. The Morgan fingerprint density at radius 3 is 3.24 bits per heavy atom. The largest absolute Gasteiger partial charge is 0.326 e. The van der Waals surface area contributed by atoms with Crippen LogP contribution in [-0.2, 0) is 6.54 Å². The first-order valence-electron chi connectivity index (χ1n) is 6.13. The van der Waals surface area contributed by atoms with Crippen LogP contribution in [0.25, 0.3) is 5.65 Å². The number of aromatic nitrogens is 3. The molecule has 0 aliphatic carbocycles. The molecule has 5 nitrogen and oxygen atoms in total. The number of nitrogens with zero attached hydrogens (tertiary/aromatic N) is 3. The second kappa shape index (κ2) is 4.43. The lowest BCUT2D eigenvalue weighted by Crippen LogP contribution is -2.28. The highest BCUT2D eigenvalue weighted by Gasteiger charge is 2.19. The van der Waals surface area contributed by atoms with Gasteiger partial charge in [-0.25, -0.2) is 9.50 Å². The minimum atomic E-state index is 0.449. The molecule has 1 fully saturated rings. The summed E-state index contributed by atoms with van der Waals surface area (Å²) in [5.74, 6) is 1.40. The minimum Gasteiger partial charge on any atom is -0.326 e. The van der Waals surface area contributed by atoms with Crippen LogP contribution < -0.4 is 11.1 Å². The number of pyridine rings is 1. The summed E-state index contributed by atoms with van der Waals surface area (Å²) in [5.41, 5.74) is 7.62. The van der Waals surface area contributed by atoms with Crippen LogP contribution in [0.15, 0.2) is 18.3 Å². The molecule has 3 rings (SSSR count). The lowest BCUT2D eigenvalue weighted by atomic mass is 9.99. The molecule has 17 heavy (non-hydrogen) atoms. The molecule has 0 spiro atoms. The van der Waals surface area contributed by atoms with E-state index in [9.17, 15) is 0 Å². The summed E-state index contributed by atoms with van der Waals surface area (Å²) in [7, 11) is 0. The zero-order chi connectivity index (χ0) is 11.7. The Balaban J connectivity index is 1.95. The molecule has 3 N–H and O–H groups in total. The summed E-state index contributed by atoms with van der Waals surface area (Å²) in [6.45, 7) is 2.64. The van der Waals surface area contributed by atoms with E-state index in [1.54, 1.807) is 0 Å². The van der Waals surface area contributed by atoms with Crippen LogP contribution in [0.1, 0.15) is 30.1 Å². The Morgan fingerprint density at radius 2 is 2.47 bits per heavy atom. The number of nitrogens with two attached hydrogens (primary N) is 1. The standard InChI is InChI=1S/C12H17N5/c13-7-9-3-5-17-11(6-9)15-12(16-17)10-2-1-4-14-8-10/h3,5-6,10,14H,1-2,4,7-8,13H2. The van der Waals surface area contributed by atoms with Gasteiger partial charge < -0.3 is 11.1 Å². The van der Waals surface area contributed by atoms with E-state index >= 15 is 0 Å². The van der Waals surface area contributed by atoms with Crippen molar-refractivity contribution in [2.45, 2.75) is 25.3 Å². The van der Waals surface area contributed by atoms with Crippen molar-refractivity contribution >= 4 is 5.65 Å². The molecule has 1 aliphatic rings. The lowest BCUT2D eigenvalue weighted by Gasteiger charge is -2.19. The number of fused-ring (bicyclic) bond motifs is 1. The van der Waals surface area contributed by atoms with Crippen LogP contribution >= 0.6 is 0 Å². The number of nitrogens with one attached hydrogen (secondary N) is 1. The summed E-state index contributed by atoms with van der Waals surface area (Å²) in [6, 6.07) is 4.00. The first-order chi connectivity index (χ1) is 8.36. The van der Waals surface area contributed by atoms with Crippen molar-refractivity contribution in [1.29, 1.82) is 0 Å². The Morgan fingerprint density at radius 1 is 1.53 bits per heavy atom. The van der Waals surface area contributed by atoms with Crippen molar-refractivity contribution in [1.82, 2.24) is 19.9 Å². The molecule has 90 valence electrons. The highest BCUT2D eigenvalue weighted by atomic mass is 15.3. The summed E-state index contributed by atoms with van der Waals surface area (Å²) in [4.78, 5) is 4.60. The summed E-state index contributed by atoms with van der Waals surface area (Å²) in [6.07, 6.45) is 4.31. The fourth-order valence-corrected chi connectivity index (χ4v) is 2.31. The summed E-state index contributed by atoms with van der Waals surface area (Å²) < 4.78 is 1.84. The maximum absolute atomic E-state index is 5.62. The Labute approximate surface area is 100 Å². The van der Waals surface area contributed by atoms with Crippen molar-refractivity contribution in [3.63, 3.8) is 0 Å². The van der Waals surface area contributed by atoms with Crippen molar-refractivity contribution in [3.05, 3.63) is 29.7 Å². The van der Waals surface area contributed by atoms with Crippen molar-refractivity contribution in [3.8, 4) is 0 Å². The van der Waals surface area contributed by atoms with Gasteiger partial charge in [-0.3, -0.25) is 0 Å². The van der Waals surface area contributed by atoms with Gasteiger partial charge in [-0.2, -0.15) is 5.10 Å². The van der Waals surface area contributed by atoms with Gasteiger partial charge in [0.05, 0.1) is 0 Å². The highest BCUT2D eigenvalue weighted by molar-refractivity contribution is 5.40. The Bertz CT molecular complexity index is 513. The van der Waals surface area contributed by atoms with Crippen molar-refractivity contribution in [2.75, 3.05) is 13.1 Å². The lowest BCUT2D eigenvalue weighted by molar-refractivity contribution is 0.447. The second-order valence-electron chi connectivity index (χ2n) is 4.56. The average molecular weight is 231 g/mol. The molecule has 0 amide bonds. The molecule has 3 heterocycles. The van der Waals surface area contributed by atoms with E-state index in [0.717, 1.165) is 30.1 Å². The topological polar surface area (TPSA) is 68.2 Å². The number of hydrogen-bond donors (Lipinski definition) is 2. The summed E-state index contributed by atoms with van der Waals surface area (Å²) in [5, 5.41) is 7.93. The van der Waals surface area contributed by atoms with E-state index < -0.39 is 0 Å².